The molecule has 0 radical (unpaired) electrons. The number of rotatable bonds is 6. The molecule has 142 valence electrons. The largest absolute Gasteiger partial charge is 0.462 e. The van der Waals surface area contributed by atoms with Gasteiger partial charge in [0.1, 0.15) is 0 Å². The number of carbonyl (C=O) groups is 1. The molecule has 0 aliphatic rings. The van der Waals surface area contributed by atoms with E-state index in [1.54, 1.807) is 6.92 Å². The van der Waals surface area contributed by atoms with Crippen LogP contribution in [0.5, 0.6) is 0 Å². The number of nitrogens with one attached hydrogen (secondary N) is 1. The SMILES string of the molecule is CCOC(=O)c1cc(-c2ccc(C)cc2)n(CCc2n[nH]c(=S)n2N)c1C. The molecule has 8 heteroatoms. The van der Waals surface area contributed by atoms with E-state index in [0.29, 0.717) is 35.7 Å². The minimum atomic E-state index is -0.316. The molecule has 0 aliphatic carbocycles. The number of carbonyl (C=O) groups excluding carboxylic acids is 1. The summed E-state index contributed by atoms with van der Waals surface area (Å²) in [5, 5.41) is 6.85. The highest BCUT2D eigenvalue weighted by Crippen LogP contribution is 2.27. The Morgan fingerprint density at radius 3 is 2.59 bits per heavy atom. The van der Waals surface area contributed by atoms with Gasteiger partial charge in [-0.3, -0.25) is 5.10 Å². The van der Waals surface area contributed by atoms with Crippen molar-refractivity contribution < 1.29 is 9.53 Å². The lowest BCUT2D eigenvalue weighted by Gasteiger charge is -2.12. The van der Waals surface area contributed by atoms with Gasteiger partial charge in [-0.25, -0.2) is 9.47 Å². The van der Waals surface area contributed by atoms with Crippen LogP contribution in [0.25, 0.3) is 11.3 Å². The molecular formula is C19H23N5O2S. The molecule has 0 atom stereocenters. The zero-order chi connectivity index (χ0) is 19.6. The highest BCUT2D eigenvalue weighted by Gasteiger charge is 2.20. The van der Waals surface area contributed by atoms with E-state index in [0.717, 1.165) is 17.0 Å². The summed E-state index contributed by atoms with van der Waals surface area (Å²) in [6.07, 6.45) is 0.570. The Hall–Kier alpha value is -2.87. The first kappa shape index (κ1) is 18.9. The number of hydrogen-bond acceptors (Lipinski definition) is 5. The third-order valence-electron chi connectivity index (χ3n) is 4.55. The topological polar surface area (TPSA) is 90.9 Å². The van der Waals surface area contributed by atoms with E-state index < -0.39 is 0 Å². The number of hydrogen-bond donors (Lipinski definition) is 2. The van der Waals surface area contributed by atoms with Gasteiger partial charge in [0.2, 0.25) is 4.77 Å². The Kier molecular flexibility index (Phi) is 5.46. The molecule has 0 spiro atoms. The monoisotopic (exact) mass is 385 g/mol. The average Bonchev–Trinajstić information content (AvgIpc) is 3.14. The molecule has 1 aromatic carbocycles. The lowest BCUT2D eigenvalue weighted by molar-refractivity contribution is 0.0525. The molecule has 2 heterocycles. The van der Waals surface area contributed by atoms with Crippen molar-refractivity contribution in [1.29, 1.82) is 0 Å². The van der Waals surface area contributed by atoms with E-state index in [1.165, 1.54) is 10.2 Å². The molecule has 3 N–H and O–H groups in total. The summed E-state index contributed by atoms with van der Waals surface area (Å²) in [5.41, 5.74) is 4.58. The van der Waals surface area contributed by atoms with Gasteiger partial charge in [-0.1, -0.05) is 29.8 Å². The van der Waals surface area contributed by atoms with Gasteiger partial charge in [-0.15, -0.1) is 0 Å². The van der Waals surface area contributed by atoms with Crippen molar-refractivity contribution in [2.75, 3.05) is 12.4 Å². The van der Waals surface area contributed by atoms with E-state index in [9.17, 15) is 4.79 Å². The number of aromatic nitrogens is 4. The molecule has 2 aromatic heterocycles. The van der Waals surface area contributed by atoms with Crippen LogP contribution in [0, 0.1) is 18.6 Å². The normalized spacial score (nSPS) is 10.9. The van der Waals surface area contributed by atoms with Gasteiger partial charge in [-0.2, -0.15) is 5.10 Å². The van der Waals surface area contributed by atoms with E-state index >= 15 is 0 Å². The number of esters is 1. The Labute approximate surface area is 162 Å². The Morgan fingerprint density at radius 2 is 2.00 bits per heavy atom. The predicted octanol–water partition coefficient (Wildman–Crippen LogP) is 3.16. The van der Waals surface area contributed by atoms with E-state index in [-0.39, 0.29) is 5.97 Å². The third-order valence-corrected chi connectivity index (χ3v) is 4.83. The minimum Gasteiger partial charge on any atom is -0.462 e. The second-order valence-electron chi connectivity index (χ2n) is 6.33. The number of benzene rings is 1. The molecule has 3 rings (SSSR count). The molecule has 0 aliphatic heterocycles. The Bertz CT molecular complexity index is 1010. The number of ether oxygens (including phenoxy) is 1. The number of aryl methyl sites for hydroxylation is 2. The zero-order valence-electron chi connectivity index (χ0n) is 15.7. The van der Waals surface area contributed by atoms with Crippen LogP contribution < -0.4 is 5.84 Å². The van der Waals surface area contributed by atoms with Crippen LogP contribution in [0.1, 0.15) is 34.4 Å². The second-order valence-corrected chi connectivity index (χ2v) is 6.72. The van der Waals surface area contributed by atoms with Crippen LogP contribution in [-0.4, -0.2) is 32.0 Å². The summed E-state index contributed by atoms with van der Waals surface area (Å²) >= 11 is 5.06. The number of nitrogens with zero attached hydrogens (tertiary/aromatic N) is 3. The van der Waals surface area contributed by atoms with Gasteiger partial charge in [0.15, 0.2) is 5.82 Å². The van der Waals surface area contributed by atoms with Crippen molar-refractivity contribution in [2.45, 2.75) is 33.7 Å². The van der Waals surface area contributed by atoms with Crippen molar-refractivity contribution >= 4 is 18.2 Å². The van der Waals surface area contributed by atoms with Crippen LogP contribution in [0.2, 0.25) is 0 Å². The maximum atomic E-state index is 12.4. The maximum absolute atomic E-state index is 12.4. The number of nitrogen functional groups attached to an aromatic ring is 1. The summed E-state index contributed by atoms with van der Waals surface area (Å²) in [5.74, 6) is 6.24. The first-order valence-corrected chi connectivity index (χ1v) is 9.18. The summed E-state index contributed by atoms with van der Waals surface area (Å²) in [6, 6.07) is 10.1. The molecular weight excluding hydrogens is 362 g/mol. The van der Waals surface area contributed by atoms with Crippen molar-refractivity contribution in [3.05, 3.63) is 57.7 Å². The van der Waals surface area contributed by atoms with Gasteiger partial charge < -0.3 is 15.1 Å². The van der Waals surface area contributed by atoms with Crippen LogP contribution in [0.4, 0.5) is 0 Å². The van der Waals surface area contributed by atoms with Gasteiger partial charge in [-0.05, 0) is 44.6 Å². The average molecular weight is 385 g/mol. The molecule has 0 unspecified atom stereocenters. The fraction of sp³-hybridized carbons (Fsp3) is 0.316. The first-order valence-electron chi connectivity index (χ1n) is 8.78. The molecule has 7 nitrogen and oxygen atoms in total. The summed E-state index contributed by atoms with van der Waals surface area (Å²) in [4.78, 5) is 12.4. The summed E-state index contributed by atoms with van der Waals surface area (Å²) < 4.78 is 9.04. The smallest absolute Gasteiger partial charge is 0.339 e. The Morgan fingerprint density at radius 1 is 1.30 bits per heavy atom. The van der Waals surface area contributed by atoms with Crippen molar-refractivity contribution in [3.63, 3.8) is 0 Å². The quantitative estimate of drug-likeness (QED) is 0.386. The zero-order valence-corrected chi connectivity index (χ0v) is 16.5. The fourth-order valence-electron chi connectivity index (χ4n) is 3.04. The fourth-order valence-corrected chi connectivity index (χ4v) is 3.19. The van der Waals surface area contributed by atoms with E-state index in [4.69, 9.17) is 22.8 Å². The third kappa shape index (κ3) is 3.80. The summed E-state index contributed by atoms with van der Waals surface area (Å²) in [6.45, 7) is 6.71. The van der Waals surface area contributed by atoms with Gasteiger partial charge in [0.25, 0.3) is 0 Å². The second kappa shape index (κ2) is 7.79. The molecule has 0 saturated heterocycles. The number of H-pyrrole nitrogens is 1. The lowest BCUT2D eigenvalue weighted by atomic mass is 10.1. The highest BCUT2D eigenvalue weighted by molar-refractivity contribution is 7.71. The van der Waals surface area contributed by atoms with Crippen LogP contribution >= 0.6 is 12.2 Å². The van der Waals surface area contributed by atoms with Crippen LogP contribution in [0.3, 0.4) is 0 Å². The van der Waals surface area contributed by atoms with Gasteiger partial charge in [0, 0.05) is 24.4 Å². The molecule has 0 amide bonds. The van der Waals surface area contributed by atoms with E-state index in [2.05, 4.69) is 39.0 Å². The molecule has 3 aromatic rings. The standard InChI is InChI=1S/C19H23N5O2S/c1-4-26-18(25)15-11-16(14-7-5-12(2)6-8-14)23(13(15)3)10-9-17-21-22-19(27)24(17)20/h5-8,11H,4,9-10,20H2,1-3H3,(H,22,27). The van der Waals surface area contributed by atoms with Crippen molar-refractivity contribution in [2.24, 2.45) is 0 Å². The molecule has 27 heavy (non-hydrogen) atoms. The van der Waals surface area contributed by atoms with Gasteiger partial charge >= 0.3 is 5.97 Å². The minimum absolute atomic E-state index is 0.316. The summed E-state index contributed by atoms with van der Waals surface area (Å²) in [7, 11) is 0. The molecule has 0 saturated carbocycles. The van der Waals surface area contributed by atoms with Crippen LogP contribution in [0.15, 0.2) is 30.3 Å². The van der Waals surface area contributed by atoms with Gasteiger partial charge in [0.05, 0.1) is 12.2 Å². The van der Waals surface area contributed by atoms with E-state index in [1.807, 2.05) is 19.9 Å². The maximum Gasteiger partial charge on any atom is 0.339 e. The molecule has 0 bridgehead atoms. The van der Waals surface area contributed by atoms with Crippen molar-refractivity contribution in [3.8, 4) is 11.3 Å². The highest BCUT2D eigenvalue weighted by atomic mass is 32.1. The number of aromatic amines is 1. The first-order chi connectivity index (χ1) is 12.9. The van der Waals surface area contributed by atoms with Crippen molar-refractivity contribution in [1.82, 2.24) is 19.4 Å². The number of nitrogens with two attached hydrogens (primary N) is 1. The predicted molar refractivity (Wildman–Crippen MR) is 107 cm³/mol. The lowest BCUT2D eigenvalue weighted by Crippen LogP contribution is -2.16. The molecule has 0 fully saturated rings. The van der Waals surface area contributed by atoms with Crippen LogP contribution in [-0.2, 0) is 17.7 Å². The Balaban J connectivity index is 2.01.